The van der Waals surface area contributed by atoms with Crippen molar-refractivity contribution in [3.8, 4) is 0 Å². The molecule has 1 heterocycles. The van der Waals surface area contributed by atoms with Crippen LogP contribution >= 0.6 is 11.3 Å². The summed E-state index contributed by atoms with van der Waals surface area (Å²) >= 11 is 0.999. The van der Waals surface area contributed by atoms with Gasteiger partial charge in [-0.2, -0.15) is 0 Å². The van der Waals surface area contributed by atoms with Crippen molar-refractivity contribution in [2.24, 2.45) is 5.14 Å². The molecule has 1 aromatic rings. The fraction of sp³-hybridized carbons (Fsp3) is 0.429. The van der Waals surface area contributed by atoms with Crippen molar-refractivity contribution < 1.29 is 18.6 Å². The van der Waals surface area contributed by atoms with E-state index in [1.54, 1.807) is 6.07 Å². The molecule has 1 rings (SSSR count). The van der Waals surface area contributed by atoms with Gasteiger partial charge < -0.3 is 10.2 Å². The van der Waals surface area contributed by atoms with Gasteiger partial charge in [0.05, 0.1) is 12.7 Å². The van der Waals surface area contributed by atoms with Crippen LogP contribution in [-0.4, -0.2) is 31.3 Å². The quantitative estimate of drug-likeness (QED) is 0.644. The number of rotatable bonds is 4. The molecule has 0 aliphatic rings. The lowest BCUT2D eigenvalue weighted by Gasteiger charge is -2.03. The Bertz CT molecular complexity index is 398. The average molecular weight is 237 g/mol. The average Bonchev–Trinajstić information content (AvgIpc) is 2.51. The fourth-order valence-electron chi connectivity index (χ4n) is 0.918. The molecule has 4 N–H and O–H groups in total. The van der Waals surface area contributed by atoms with Crippen LogP contribution in [0.5, 0.6) is 0 Å². The lowest BCUT2D eigenvalue weighted by atomic mass is 10.2. The van der Waals surface area contributed by atoms with Gasteiger partial charge in [-0.15, -0.1) is 11.3 Å². The Morgan fingerprint density at radius 3 is 2.57 bits per heavy atom. The Labute approximate surface area is 85.9 Å². The molecule has 5 nitrogen and oxygen atoms in total. The predicted octanol–water partition coefficient (Wildman–Crippen LogP) is -0.709. The second-order valence-electron chi connectivity index (χ2n) is 2.81. The van der Waals surface area contributed by atoms with Crippen LogP contribution in [0.1, 0.15) is 4.88 Å². The van der Waals surface area contributed by atoms with Crippen molar-refractivity contribution in [2.75, 3.05) is 6.61 Å². The first kappa shape index (κ1) is 11.6. The zero-order valence-electron chi connectivity index (χ0n) is 7.25. The predicted molar refractivity (Wildman–Crippen MR) is 52.5 cm³/mol. The minimum absolute atomic E-state index is 0.0673. The van der Waals surface area contributed by atoms with E-state index in [1.165, 1.54) is 6.07 Å². The second-order valence-corrected chi connectivity index (χ2v) is 5.76. The van der Waals surface area contributed by atoms with Crippen molar-refractivity contribution in [1.29, 1.82) is 0 Å². The van der Waals surface area contributed by atoms with Gasteiger partial charge in [0.25, 0.3) is 0 Å². The molecule has 0 aliphatic carbocycles. The summed E-state index contributed by atoms with van der Waals surface area (Å²) < 4.78 is 21.8. The van der Waals surface area contributed by atoms with E-state index >= 15 is 0 Å². The van der Waals surface area contributed by atoms with E-state index in [9.17, 15) is 8.42 Å². The van der Waals surface area contributed by atoms with E-state index in [2.05, 4.69) is 0 Å². The molecule has 1 unspecified atom stereocenters. The zero-order chi connectivity index (χ0) is 10.8. The third-order valence-electron chi connectivity index (χ3n) is 1.56. The lowest BCUT2D eigenvalue weighted by Crippen LogP contribution is -2.14. The molecule has 0 radical (unpaired) electrons. The zero-order valence-corrected chi connectivity index (χ0v) is 8.88. The normalized spacial score (nSPS) is 14.2. The third kappa shape index (κ3) is 3.03. The van der Waals surface area contributed by atoms with Crippen LogP contribution in [0.3, 0.4) is 0 Å². The van der Waals surface area contributed by atoms with E-state index in [-0.39, 0.29) is 17.2 Å². The Balaban J connectivity index is 2.79. The fourth-order valence-corrected chi connectivity index (χ4v) is 2.77. The molecular weight excluding hydrogens is 226 g/mol. The minimum atomic E-state index is -3.65. The summed E-state index contributed by atoms with van der Waals surface area (Å²) in [4.78, 5) is 0.676. The number of aliphatic hydroxyl groups is 2. The summed E-state index contributed by atoms with van der Waals surface area (Å²) in [5, 5.41) is 22.6. The van der Waals surface area contributed by atoms with Crippen molar-refractivity contribution in [3.63, 3.8) is 0 Å². The van der Waals surface area contributed by atoms with Gasteiger partial charge in [-0.3, -0.25) is 0 Å². The van der Waals surface area contributed by atoms with Gasteiger partial charge in [0.1, 0.15) is 4.21 Å². The van der Waals surface area contributed by atoms with Crippen molar-refractivity contribution in [1.82, 2.24) is 0 Å². The monoisotopic (exact) mass is 237 g/mol. The highest BCUT2D eigenvalue weighted by molar-refractivity contribution is 7.91. The molecule has 1 aromatic heterocycles. The van der Waals surface area contributed by atoms with E-state index in [1.807, 2.05) is 0 Å². The summed E-state index contributed by atoms with van der Waals surface area (Å²) in [5.41, 5.74) is 0. The summed E-state index contributed by atoms with van der Waals surface area (Å²) in [6.07, 6.45) is -0.626. The highest BCUT2D eigenvalue weighted by Crippen LogP contribution is 2.21. The second kappa shape index (κ2) is 4.37. The summed E-state index contributed by atoms with van der Waals surface area (Å²) in [6.45, 7) is -0.345. The highest BCUT2D eigenvalue weighted by atomic mass is 32.2. The van der Waals surface area contributed by atoms with E-state index in [0.717, 1.165) is 11.3 Å². The topological polar surface area (TPSA) is 101 Å². The first-order chi connectivity index (χ1) is 6.43. The summed E-state index contributed by atoms with van der Waals surface area (Å²) in [6, 6.07) is 2.96. The van der Waals surface area contributed by atoms with E-state index in [4.69, 9.17) is 15.4 Å². The summed E-state index contributed by atoms with van der Waals surface area (Å²) in [7, 11) is -3.65. The SMILES string of the molecule is NS(=O)(=O)c1ccc(CC(O)CO)s1. The van der Waals surface area contributed by atoms with Gasteiger partial charge in [0.15, 0.2) is 0 Å². The van der Waals surface area contributed by atoms with Crippen LogP contribution < -0.4 is 5.14 Å². The number of sulfonamides is 1. The van der Waals surface area contributed by atoms with Gasteiger partial charge in [-0.1, -0.05) is 0 Å². The standard InChI is InChI=1S/C7H11NO4S2/c8-14(11,12)7-2-1-6(13-7)3-5(10)4-9/h1-2,5,9-10H,3-4H2,(H2,8,11,12). The van der Waals surface area contributed by atoms with E-state index < -0.39 is 16.1 Å². The van der Waals surface area contributed by atoms with Crippen molar-refractivity contribution >= 4 is 21.4 Å². The van der Waals surface area contributed by atoms with Gasteiger partial charge in [-0.05, 0) is 12.1 Å². The number of primary sulfonamides is 1. The van der Waals surface area contributed by atoms with Crippen molar-refractivity contribution in [3.05, 3.63) is 17.0 Å². The first-order valence-corrected chi connectivity index (χ1v) is 6.20. The lowest BCUT2D eigenvalue weighted by molar-refractivity contribution is 0.0961. The molecule has 7 heteroatoms. The molecule has 0 spiro atoms. The molecule has 0 bridgehead atoms. The van der Waals surface area contributed by atoms with Crippen LogP contribution in [-0.2, 0) is 16.4 Å². The van der Waals surface area contributed by atoms with Gasteiger partial charge in [0.2, 0.25) is 10.0 Å². The largest absolute Gasteiger partial charge is 0.394 e. The highest BCUT2D eigenvalue weighted by Gasteiger charge is 2.12. The van der Waals surface area contributed by atoms with Crippen LogP contribution in [0.4, 0.5) is 0 Å². The first-order valence-electron chi connectivity index (χ1n) is 3.84. The molecule has 14 heavy (non-hydrogen) atoms. The molecule has 0 aromatic carbocycles. The molecule has 1 atom stereocenters. The Hall–Kier alpha value is -0.470. The molecule has 0 saturated carbocycles. The van der Waals surface area contributed by atoms with Gasteiger partial charge in [0, 0.05) is 11.3 Å². The number of hydrogen-bond acceptors (Lipinski definition) is 5. The van der Waals surface area contributed by atoms with E-state index in [0.29, 0.717) is 4.88 Å². The van der Waals surface area contributed by atoms with Crippen LogP contribution in [0.2, 0.25) is 0 Å². The molecular formula is C7H11NO4S2. The Morgan fingerprint density at radius 2 is 2.14 bits per heavy atom. The van der Waals surface area contributed by atoms with Crippen LogP contribution in [0.25, 0.3) is 0 Å². The number of aliphatic hydroxyl groups excluding tert-OH is 2. The maximum absolute atomic E-state index is 10.9. The molecule has 0 aliphatic heterocycles. The minimum Gasteiger partial charge on any atom is -0.394 e. The molecule has 0 fully saturated rings. The maximum atomic E-state index is 10.9. The Morgan fingerprint density at radius 1 is 1.50 bits per heavy atom. The number of hydrogen-bond donors (Lipinski definition) is 3. The Kier molecular flexibility index (Phi) is 3.62. The van der Waals surface area contributed by atoms with Crippen molar-refractivity contribution in [2.45, 2.75) is 16.7 Å². The van der Waals surface area contributed by atoms with Gasteiger partial charge in [-0.25, -0.2) is 13.6 Å². The van der Waals surface area contributed by atoms with Gasteiger partial charge >= 0.3 is 0 Å². The third-order valence-corrected chi connectivity index (χ3v) is 4.11. The summed E-state index contributed by atoms with van der Waals surface area (Å²) in [5.74, 6) is 0. The molecule has 0 saturated heterocycles. The smallest absolute Gasteiger partial charge is 0.247 e. The van der Waals surface area contributed by atoms with Crippen LogP contribution in [0, 0.1) is 0 Å². The van der Waals surface area contributed by atoms with Crippen LogP contribution in [0.15, 0.2) is 16.3 Å². The molecule has 80 valence electrons. The molecule has 0 amide bonds. The number of nitrogens with two attached hydrogens (primary N) is 1. The number of thiophene rings is 1. The maximum Gasteiger partial charge on any atom is 0.247 e.